The van der Waals surface area contributed by atoms with Crippen LogP contribution in [-0.4, -0.2) is 4.98 Å². The summed E-state index contributed by atoms with van der Waals surface area (Å²) < 4.78 is 0. The van der Waals surface area contributed by atoms with Crippen molar-refractivity contribution in [1.29, 1.82) is 0 Å². The van der Waals surface area contributed by atoms with E-state index in [0.717, 1.165) is 22.5 Å². The van der Waals surface area contributed by atoms with Crippen LogP contribution < -0.4 is 5.73 Å². The van der Waals surface area contributed by atoms with Crippen LogP contribution in [0.15, 0.2) is 36.4 Å². The fourth-order valence-corrected chi connectivity index (χ4v) is 1.53. The van der Waals surface area contributed by atoms with Crippen LogP contribution >= 0.6 is 0 Å². The predicted molar refractivity (Wildman–Crippen MR) is 64.4 cm³/mol. The molecule has 1 aromatic carbocycles. The number of rotatable bonds is 3. The average Bonchev–Trinajstić information content (AvgIpc) is 2.39. The summed E-state index contributed by atoms with van der Waals surface area (Å²) >= 11 is 0. The van der Waals surface area contributed by atoms with Crippen LogP contribution in [0.5, 0.6) is 0 Å². The van der Waals surface area contributed by atoms with E-state index in [2.05, 4.69) is 11.1 Å². The van der Waals surface area contributed by atoms with Gasteiger partial charge in [-0.25, -0.2) is 0 Å². The summed E-state index contributed by atoms with van der Waals surface area (Å²) in [6.07, 6.45) is 0.490. The number of pyridine rings is 1. The molecular formula is C14H13IrN2-. The summed E-state index contributed by atoms with van der Waals surface area (Å²) in [7, 11) is 0. The Labute approximate surface area is 116 Å². The standard InChI is InChI=1S/C14H13N2.Ir/c1-2-11-5-3-6-12(9-11)14-8-4-7-13(10-15)16-14;/h1,3-8H,2,10,15H2;/q-1;. The third kappa shape index (κ3) is 3.47. The molecule has 0 aliphatic carbocycles. The topological polar surface area (TPSA) is 38.9 Å². The first-order chi connectivity index (χ1) is 7.83. The van der Waals surface area contributed by atoms with Crippen LogP contribution in [0.4, 0.5) is 0 Å². The van der Waals surface area contributed by atoms with Crippen LogP contribution in [0.1, 0.15) is 11.3 Å². The molecule has 0 aliphatic heterocycles. The summed E-state index contributed by atoms with van der Waals surface area (Å²) in [5, 5.41) is 0. The summed E-state index contributed by atoms with van der Waals surface area (Å²) in [6.45, 7) is 6.03. The maximum Gasteiger partial charge on any atom is 0.0433 e. The number of nitrogens with two attached hydrogens (primary N) is 1. The van der Waals surface area contributed by atoms with Gasteiger partial charge in [-0.2, -0.15) is 0 Å². The Morgan fingerprint density at radius 3 is 2.65 bits per heavy atom. The first-order valence-corrected chi connectivity index (χ1v) is 5.21. The molecule has 2 aromatic rings. The van der Waals surface area contributed by atoms with E-state index in [1.807, 2.05) is 36.4 Å². The van der Waals surface area contributed by atoms with Gasteiger partial charge in [-0.15, -0.1) is 35.4 Å². The minimum absolute atomic E-state index is 0. The minimum atomic E-state index is 0. The molecule has 0 saturated carbocycles. The van der Waals surface area contributed by atoms with Crippen molar-refractivity contribution in [3.8, 4) is 11.3 Å². The maximum absolute atomic E-state index is 5.58. The van der Waals surface area contributed by atoms with Gasteiger partial charge in [0.15, 0.2) is 0 Å². The van der Waals surface area contributed by atoms with Crippen molar-refractivity contribution in [3.63, 3.8) is 0 Å². The Morgan fingerprint density at radius 1 is 1.18 bits per heavy atom. The summed E-state index contributed by atoms with van der Waals surface area (Å²) in [5.41, 5.74) is 9.27. The second-order valence-electron chi connectivity index (χ2n) is 3.51. The fourth-order valence-electron chi connectivity index (χ4n) is 1.53. The molecule has 2 nitrogen and oxygen atoms in total. The third-order valence-corrected chi connectivity index (χ3v) is 2.37. The largest absolute Gasteiger partial charge is 0.325 e. The van der Waals surface area contributed by atoms with Crippen molar-refractivity contribution in [1.82, 2.24) is 4.98 Å². The molecule has 1 heterocycles. The summed E-state index contributed by atoms with van der Waals surface area (Å²) in [6, 6.07) is 14.9. The van der Waals surface area contributed by atoms with Gasteiger partial charge in [0.2, 0.25) is 0 Å². The van der Waals surface area contributed by atoms with Crippen molar-refractivity contribution < 1.29 is 20.1 Å². The van der Waals surface area contributed by atoms with Crippen molar-refractivity contribution in [2.45, 2.75) is 13.0 Å². The minimum Gasteiger partial charge on any atom is -0.325 e. The zero-order valence-electron chi connectivity index (χ0n) is 9.31. The van der Waals surface area contributed by atoms with Crippen molar-refractivity contribution in [3.05, 3.63) is 60.6 Å². The van der Waals surface area contributed by atoms with Gasteiger partial charge in [0.25, 0.3) is 0 Å². The van der Waals surface area contributed by atoms with Crippen LogP contribution in [0.3, 0.4) is 0 Å². The molecule has 0 fully saturated rings. The molecule has 0 amide bonds. The summed E-state index contributed by atoms with van der Waals surface area (Å²) in [4.78, 5) is 4.44. The van der Waals surface area contributed by atoms with Gasteiger partial charge < -0.3 is 5.73 Å². The third-order valence-electron chi connectivity index (χ3n) is 2.37. The Bertz CT molecular complexity index is 438. The molecule has 0 spiro atoms. The molecule has 0 unspecified atom stereocenters. The van der Waals surface area contributed by atoms with E-state index in [-0.39, 0.29) is 20.1 Å². The van der Waals surface area contributed by atoms with Gasteiger partial charge in [0.1, 0.15) is 0 Å². The molecular weight excluding hydrogens is 388 g/mol. The van der Waals surface area contributed by atoms with Crippen LogP contribution in [0.25, 0.3) is 11.3 Å². The van der Waals surface area contributed by atoms with E-state index in [9.17, 15) is 0 Å². The van der Waals surface area contributed by atoms with E-state index in [0.29, 0.717) is 13.0 Å². The Morgan fingerprint density at radius 2 is 1.94 bits per heavy atom. The Hall–Kier alpha value is -1.02. The van der Waals surface area contributed by atoms with E-state index in [1.165, 1.54) is 0 Å². The Balaban J connectivity index is 0.00000144. The monoisotopic (exact) mass is 402 g/mol. The van der Waals surface area contributed by atoms with Gasteiger partial charge in [-0.1, -0.05) is 12.1 Å². The first-order valence-electron chi connectivity index (χ1n) is 5.21. The van der Waals surface area contributed by atoms with Gasteiger partial charge in [-0.05, 0) is 25.1 Å². The predicted octanol–water partition coefficient (Wildman–Crippen LogP) is 2.26. The number of aromatic nitrogens is 1. The molecule has 3 heteroatoms. The second-order valence-corrected chi connectivity index (χ2v) is 3.51. The van der Waals surface area contributed by atoms with Crippen LogP contribution in [-0.2, 0) is 33.1 Å². The normalized spacial score (nSPS) is 9.76. The Kier molecular flexibility index (Phi) is 5.49. The van der Waals surface area contributed by atoms with E-state index < -0.39 is 0 Å². The van der Waals surface area contributed by atoms with Gasteiger partial charge in [0.05, 0.1) is 0 Å². The molecule has 3 radical (unpaired) electrons. The molecule has 0 saturated heterocycles. The molecule has 0 atom stereocenters. The number of hydrogen-bond acceptors (Lipinski definition) is 2. The van der Waals surface area contributed by atoms with Gasteiger partial charge >= 0.3 is 0 Å². The molecule has 2 rings (SSSR count). The zero-order valence-corrected chi connectivity index (χ0v) is 11.7. The zero-order chi connectivity index (χ0) is 11.4. The number of nitrogens with zero attached hydrogens (tertiary/aromatic N) is 1. The molecule has 0 aliphatic rings. The van der Waals surface area contributed by atoms with Gasteiger partial charge in [0, 0.05) is 32.3 Å². The molecule has 2 N–H and O–H groups in total. The molecule has 1 aromatic heterocycles. The van der Waals surface area contributed by atoms with Crippen LogP contribution in [0.2, 0.25) is 0 Å². The maximum atomic E-state index is 5.58. The fraction of sp³-hybridized carbons (Fsp3) is 0.143. The van der Waals surface area contributed by atoms with Crippen molar-refractivity contribution in [2.24, 2.45) is 5.73 Å². The smallest absolute Gasteiger partial charge is 0.0433 e. The van der Waals surface area contributed by atoms with E-state index >= 15 is 0 Å². The number of hydrogen-bond donors (Lipinski definition) is 1. The molecule has 89 valence electrons. The second kappa shape index (κ2) is 6.65. The van der Waals surface area contributed by atoms with Gasteiger partial charge in [-0.3, -0.25) is 4.98 Å². The first kappa shape index (κ1) is 14.0. The van der Waals surface area contributed by atoms with Crippen molar-refractivity contribution >= 4 is 0 Å². The SMILES string of the molecule is [CH]Cc1[c-]c(-c2cccc(CN)n2)ccc1.[Ir]. The summed E-state index contributed by atoms with van der Waals surface area (Å²) in [5.74, 6) is 0. The van der Waals surface area contributed by atoms with E-state index in [4.69, 9.17) is 12.7 Å². The number of benzene rings is 1. The van der Waals surface area contributed by atoms with Crippen LogP contribution in [0, 0.1) is 13.0 Å². The van der Waals surface area contributed by atoms with Crippen molar-refractivity contribution in [2.75, 3.05) is 0 Å². The molecule has 17 heavy (non-hydrogen) atoms. The average molecular weight is 401 g/mol. The van der Waals surface area contributed by atoms with E-state index in [1.54, 1.807) is 0 Å². The molecule has 0 bridgehead atoms. The quantitative estimate of drug-likeness (QED) is 0.802.